The van der Waals surface area contributed by atoms with Crippen molar-refractivity contribution in [1.29, 1.82) is 0 Å². The van der Waals surface area contributed by atoms with Crippen molar-refractivity contribution in [2.75, 3.05) is 14.2 Å². The first-order valence-corrected chi connectivity index (χ1v) is 6.00. The number of hydrogen-bond donors (Lipinski definition) is 2. The maximum Gasteiger partial charge on any atom is 0.277 e. The molecule has 7 nitrogen and oxygen atoms in total. The molecule has 1 aromatic rings. The maximum absolute atomic E-state index is 12.4. The first-order valence-electron chi connectivity index (χ1n) is 6.00. The van der Waals surface area contributed by atoms with Crippen LogP contribution in [0.2, 0.25) is 0 Å². The lowest BCUT2D eigenvalue weighted by Crippen LogP contribution is -2.61. The molecule has 0 radical (unpaired) electrons. The molecule has 1 unspecified atom stereocenters. The van der Waals surface area contributed by atoms with Crippen LogP contribution in [-0.2, 0) is 9.63 Å². The Morgan fingerprint density at radius 3 is 2.65 bits per heavy atom. The molecule has 7 heteroatoms. The third-order valence-corrected chi connectivity index (χ3v) is 3.21. The lowest BCUT2D eigenvalue weighted by molar-refractivity contribution is -0.133. The van der Waals surface area contributed by atoms with Gasteiger partial charge in [-0.25, -0.2) is 5.01 Å². The van der Waals surface area contributed by atoms with Gasteiger partial charge in [0.15, 0.2) is 0 Å². The number of amides is 1. The second-order valence-electron chi connectivity index (χ2n) is 4.36. The summed E-state index contributed by atoms with van der Waals surface area (Å²) in [4.78, 5) is 17.1. The van der Waals surface area contributed by atoms with Crippen LogP contribution in [0.25, 0.3) is 0 Å². The van der Waals surface area contributed by atoms with E-state index in [1.54, 1.807) is 19.1 Å². The Labute approximate surface area is 116 Å². The standard InChI is InChI=1S/C13H16N4O3/c1-9(15-20-3)13(16-19)11(14-17(2)12(13)18)10-7-5-4-6-8-10/h4-8,16,19H,1-3H3. The van der Waals surface area contributed by atoms with Crippen LogP contribution < -0.4 is 5.48 Å². The summed E-state index contributed by atoms with van der Waals surface area (Å²) in [6.45, 7) is 1.59. The normalized spacial score (nSPS) is 23.0. The van der Waals surface area contributed by atoms with Gasteiger partial charge in [-0.3, -0.25) is 4.79 Å². The molecule has 1 atom stereocenters. The number of oxime groups is 1. The van der Waals surface area contributed by atoms with Crippen LogP contribution in [-0.4, -0.2) is 47.2 Å². The summed E-state index contributed by atoms with van der Waals surface area (Å²) >= 11 is 0. The molecule has 0 fully saturated rings. The number of hydrazone groups is 1. The number of benzene rings is 1. The van der Waals surface area contributed by atoms with Gasteiger partial charge in [-0.1, -0.05) is 35.5 Å². The van der Waals surface area contributed by atoms with Gasteiger partial charge >= 0.3 is 0 Å². The van der Waals surface area contributed by atoms with Gasteiger partial charge in [0.1, 0.15) is 12.8 Å². The Balaban J connectivity index is 2.61. The number of hydroxylamine groups is 1. The molecule has 1 amide bonds. The molecule has 0 bridgehead atoms. The molecule has 0 saturated heterocycles. The van der Waals surface area contributed by atoms with Crippen molar-refractivity contribution in [1.82, 2.24) is 10.5 Å². The van der Waals surface area contributed by atoms with Crippen LogP contribution in [0, 0.1) is 0 Å². The Morgan fingerprint density at radius 2 is 2.10 bits per heavy atom. The maximum atomic E-state index is 12.4. The molecule has 106 valence electrons. The van der Waals surface area contributed by atoms with E-state index in [1.807, 2.05) is 18.2 Å². The van der Waals surface area contributed by atoms with Crippen LogP contribution in [0.15, 0.2) is 40.6 Å². The summed E-state index contributed by atoms with van der Waals surface area (Å²) in [6.07, 6.45) is 0. The summed E-state index contributed by atoms with van der Waals surface area (Å²) in [6, 6.07) is 9.11. The van der Waals surface area contributed by atoms with Crippen molar-refractivity contribution in [3.63, 3.8) is 0 Å². The van der Waals surface area contributed by atoms with Crippen molar-refractivity contribution in [2.24, 2.45) is 10.3 Å². The van der Waals surface area contributed by atoms with Crippen molar-refractivity contribution in [2.45, 2.75) is 12.5 Å². The summed E-state index contributed by atoms with van der Waals surface area (Å²) in [5, 5.41) is 18.8. The molecule has 1 heterocycles. The minimum atomic E-state index is -1.54. The average Bonchev–Trinajstić information content (AvgIpc) is 2.73. The molecule has 1 aromatic carbocycles. The number of nitrogens with zero attached hydrogens (tertiary/aromatic N) is 3. The van der Waals surface area contributed by atoms with Crippen molar-refractivity contribution in [3.8, 4) is 0 Å². The molecule has 2 N–H and O–H groups in total. The second-order valence-corrected chi connectivity index (χ2v) is 4.36. The monoisotopic (exact) mass is 276 g/mol. The van der Waals surface area contributed by atoms with Gasteiger partial charge in [-0.05, 0) is 6.92 Å². The summed E-state index contributed by atoms with van der Waals surface area (Å²) in [5.74, 6) is -0.433. The average molecular weight is 276 g/mol. The summed E-state index contributed by atoms with van der Waals surface area (Å²) in [7, 11) is 2.89. The zero-order valence-corrected chi connectivity index (χ0v) is 11.5. The highest BCUT2D eigenvalue weighted by atomic mass is 16.6. The minimum absolute atomic E-state index is 0.263. The van der Waals surface area contributed by atoms with Crippen molar-refractivity contribution < 1.29 is 14.8 Å². The minimum Gasteiger partial charge on any atom is -0.399 e. The van der Waals surface area contributed by atoms with E-state index in [9.17, 15) is 10.0 Å². The Morgan fingerprint density at radius 1 is 1.45 bits per heavy atom. The third kappa shape index (κ3) is 1.97. The van der Waals surface area contributed by atoms with Crippen molar-refractivity contribution >= 4 is 17.3 Å². The fraction of sp³-hybridized carbons (Fsp3) is 0.308. The first kappa shape index (κ1) is 14.2. The Bertz CT molecular complexity index is 570. The van der Waals surface area contributed by atoms with Gasteiger partial charge in [-0.15, -0.1) is 0 Å². The van der Waals surface area contributed by atoms with E-state index in [0.717, 1.165) is 0 Å². The number of nitrogens with one attached hydrogen (secondary N) is 1. The highest BCUT2D eigenvalue weighted by Crippen LogP contribution is 2.25. The number of rotatable bonds is 4. The van der Waals surface area contributed by atoms with Crippen LogP contribution in [0.5, 0.6) is 0 Å². The van der Waals surface area contributed by atoms with Crippen LogP contribution in [0.1, 0.15) is 12.5 Å². The van der Waals surface area contributed by atoms with Crippen LogP contribution >= 0.6 is 0 Å². The number of hydrogen-bond acceptors (Lipinski definition) is 6. The van der Waals surface area contributed by atoms with Gasteiger partial charge in [0.05, 0.1) is 5.71 Å². The van der Waals surface area contributed by atoms with Crippen molar-refractivity contribution in [3.05, 3.63) is 35.9 Å². The molecule has 0 aliphatic carbocycles. The Hall–Kier alpha value is -2.25. The largest absolute Gasteiger partial charge is 0.399 e. The van der Waals surface area contributed by atoms with Crippen LogP contribution in [0.3, 0.4) is 0 Å². The molecule has 0 aromatic heterocycles. The number of likely N-dealkylation sites (N-methyl/N-ethyl adjacent to an activating group) is 1. The lowest BCUT2D eigenvalue weighted by Gasteiger charge is -2.26. The van der Waals surface area contributed by atoms with E-state index in [0.29, 0.717) is 11.3 Å². The Kier molecular flexibility index (Phi) is 3.82. The predicted molar refractivity (Wildman–Crippen MR) is 73.5 cm³/mol. The topological polar surface area (TPSA) is 86.5 Å². The van der Waals surface area contributed by atoms with Gasteiger partial charge < -0.3 is 10.0 Å². The van der Waals surface area contributed by atoms with E-state index in [1.165, 1.54) is 19.2 Å². The smallest absolute Gasteiger partial charge is 0.277 e. The zero-order valence-electron chi connectivity index (χ0n) is 11.5. The number of carbonyl (C=O) groups is 1. The van der Waals surface area contributed by atoms with Gasteiger partial charge in [-0.2, -0.15) is 10.6 Å². The van der Waals surface area contributed by atoms with E-state index in [2.05, 4.69) is 15.7 Å². The lowest BCUT2D eigenvalue weighted by atomic mass is 9.85. The van der Waals surface area contributed by atoms with Crippen LogP contribution in [0.4, 0.5) is 0 Å². The predicted octanol–water partition coefficient (Wildman–Crippen LogP) is 0.603. The SMILES string of the molecule is CON=C(C)C1(NO)C(=O)N(C)N=C1c1ccccc1. The molecule has 0 spiro atoms. The van der Waals surface area contributed by atoms with Gasteiger partial charge in [0.25, 0.3) is 5.91 Å². The van der Waals surface area contributed by atoms with E-state index in [-0.39, 0.29) is 5.71 Å². The molecular formula is C13H16N4O3. The summed E-state index contributed by atoms with van der Waals surface area (Å²) < 4.78 is 0. The number of carbonyl (C=O) groups excluding carboxylic acids is 1. The first-order chi connectivity index (χ1) is 9.57. The molecule has 0 saturated carbocycles. The molecular weight excluding hydrogens is 260 g/mol. The third-order valence-electron chi connectivity index (χ3n) is 3.21. The highest BCUT2D eigenvalue weighted by Gasteiger charge is 2.53. The fourth-order valence-corrected chi connectivity index (χ4v) is 2.20. The zero-order chi connectivity index (χ0) is 14.8. The second kappa shape index (κ2) is 5.40. The molecule has 1 aliphatic heterocycles. The summed E-state index contributed by atoms with van der Waals surface area (Å²) in [5.41, 5.74) is 1.86. The molecule has 2 rings (SSSR count). The van der Waals surface area contributed by atoms with E-state index >= 15 is 0 Å². The highest BCUT2D eigenvalue weighted by molar-refractivity contribution is 6.37. The van der Waals surface area contributed by atoms with E-state index < -0.39 is 11.4 Å². The molecule has 1 aliphatic rings. The van der Waals surface area contributed by atoms with Gasteiger partial charge in [0, 0.05) is 12.6 Å². The van der Waals surface area contributed by atoms with E-state index in [4.69, 9.17) is 4.84 Å². The molecule has 20 heavy (non-hydrogen) atoms. The fourth-order valence-electron chi connectivity index (χ4n) is 2.20. The van der Waals surface area contributed by atoms with Gasteiger partial charge in [0.2, 0.25) is 5.54 Å². The quantitative estimate of drug-likeness (QED) is 0.623.